The molecule has 7 nitrogen and oxygen atoms in total. The van der Waals surface area contributed by atoms with Crippen molar-refractivity contribution < 1.29 is 31.8 Å². The maximum Gasteiger partial charge on any atom is 0.433 e. The van der Waals surface area contributed by atoms with Crippen molar-refractivity contribution in [1.29, 1.82) is 0 Å². The van der Waals surface area contributed by atoms with Crippen LogP contribution in [-0.4, -0.2) is 52.2 Å². The minimum absolute atomic E-state index is 0.258. The van der Waals surface area contributed by atoms with Crippen LogP contribution in [0.5, 0.6) is 5.75 Å². The van der Waals surface area contributed by atoms with Gasteiger partial charge in [0.05, 0.1) is 12.2 Å². The normalized spacial score (nSPS) is 15.7. The van der Waals surface area contributed by atoms with Crippen molar-refractivity contribution in [3.05, 3.63) is 102 Å². The second kappa shape index (κ2) is 10.5. The fourth-order valence-corrected chi connectivity index (χ4v) is 4.58. The summed E-state index contributed by atoms with van der Waals surface area (Å²) in [5, 5.41) is 15.0. The van der Waals surface area contributed by atoms with Crippen LogP contribution in [0.2, 0.25) is 0 Å². The first-order valence-electron chi connectivity index (χ1n) is 12.1. The molecule has 1 aromatic heterocycles. The number of rotatable bonds is 8. The first kappa shape index (κ1) is 26.4. The third-order valence-electron chi connectivity index (χ3n) is 6.63. The molecule has 1 fully saturated rings. The van der Waals surface area contributed by atoms with E-state index in [4.69, 9.17) is 4.74 Å². The highest BCUT2D eigenvalue weighted by atomic mass is 19.3. The van der Waals surface area contributed by atoms with E-state index in [2.05, 4.69) is 10.1 Å². The topological polar surface area (TPSA) is 66.7 Å². The minimum atomic E-state index is -4.44. The lowest BCUT2D eigenvalue weighted by Crippen LogP contribution is -2.53. The fraction of sp³-hybridized carbons (Fsp3) is 0.259. The van der Waals surface area contributed by atoms with Gasteiger partial charge in [0, 0.05) is 37.4 Å². The molecule has 3 aromatic carbocycles. The van der Waals surface area contributed by atoms with Crippen LogP contribution in [0.1, 0.15) is 5.56 Å². The summed E-state index contributed by atoms with van der Waals surface area (Å²) in [6.45, 7) is 0.956. The summed E-state index contributed by atoms with van der Waals surface area (Å²) in [5.41, 5.74) is -3.18. The first-order chi connectivity index (χ1) is 18.7. The van der Waals surface area contributed by atoms with Gasteiger partial charge in [0.2, 0.25) is 5.60 Å². The zero-order valence-electron chi connectivity index (χ0n) is 20.5. The summed E-state index contributed by atoms with van der Waals surface area (Å²) in [6, 6.07) is 14.0. The lowest BCUT2D eigenvalue weighted by atomic mass is 9.91. The number of para-hydroxylation sites is 2. The Labute approximate surface area is 220 Å². The lowest BCUT2D eigenvalue weighted by Gasteiger charge is -2.39. The summed E-state index contributed by atoms with van der Waals surface area (Å²) in [5.74, 6) is -2.86. The van der Waals surface area contributed by atoms with Crippen LogP contribution in [0.4, 0.5) is 33.3 Å². The van der Waals surface area contributed by atoms with Gasteiger partial charge in [0.25, 0.3) is 0 Å². The van der Waals surface area contributed by atoms with E-state index >= 15 is 8.78 Å². The van der Waals surface area contributed by atoms with Gasteiger partial charge >= 0.3 is 6.11 Å². The highest BCUT2D eigenvalue weighted by Crippen LogP contribution is 2.44. The third kappa shape index (κ3) is 5.37. The molecule has 204 valence electrons. The van der Waals surface area contributed by atoms with Crippen LogP contribution in [-0.2, 0) is 12.1 Å². The molecule has 1 N–H and O–H groups in total. The molecule has 1 saturated heterocycles. The van der Waals surface area contributed by atoms with E-state index in [-0.39, 0.29) is 11.6 Å². The van der Waals surface area contributed by atoms with Gasteiger partial charge in [0.15, 0.2) is 0 Å². The van der Waals surface area contributed by atoms with Crippen LogP contribution in [0, 0.1) is 17.5 Å². The summed E-state index contributed by atoms with van der Waals surface area (Å²) in [7, 11) is 0. The number of piperazine rings is 1. The Balaban J connectivity index is 1.42. The molecule has 0 radical (unpaired) electrons. The predicted molar refractivity (Wildman–Crippen MR) is 133 cm³/mol. The fourth-order valence-electron chi connectivity index (χ4n) is 4.58. The van der Waals surface area contributed by atoms with Crippen LogP contribution in [0.15, 0.2) is 79.4 Å². The van der Waals surface area contributed by atoms with E-state index in [0.29, 0.717) is 44.0 Å². The monoisotopic (exact) mass is 545 g/mol. The molecular weight excluding hydrogens is 521 g/mol. The van der Waals surface area contributed by atoms with Gasteiger partial charge in [-0.1, -0.05) is 12.1 Å². The van der Waals surface area contributed by atoms with Crippen molar-refractivity contribution in [2.24, 2.45) is 0 Å². The number of aromatic nitrogens is 3. The van der Waals surface area contributed by atoms with Gasteiger partial charge in [-0.25, -0.2) is 22.8 Å². The second-order valence-electron chi connectivity index (χ2n) is 9.11. The molecular formula is C27H24F5N5O2. The van der Waals surface area contributed by atoms with Crippen molar-refractivity contribution in [1.82, 2.24) is 14.8 Å². The maximum absolute atomic E-state index is 15.9. The van der Waals surface area contributed by atoms with Crippen LogP contribution in [0.3, 0.4) is 0 Å². The van der Waals surface area contributed by atoms with Gasteiger partial charge in [-0.3, -0.25) is 0 Å². The molecule has 5 rings (SSSR count). The predicted octanol–water partition coefficient (Wildman–Crippen LogP) is 4.58. The zero-order chi connectivity index (χ0) is 27.6. The number of nitrogens with zero attached hydrogens (tertiary/aromatic N) is 5. The van der Waals surface area contributed by atoms with Crippen molar-refractivity contribution >= 4 is 11.4 Å². The van der Waals surface area contributed by atoms with E-state index in [0.717, 1.165) is 29.1 Å². The quantitative estimate of drug-likeness (QED) is 0.327. The minimum Gasteiger partial charge on any atom is -0.428 e. The number of halogens is 5. The van der Waals surface area contributed by atoms with Gasteiger partial charge in [-0.2, -0.15) is 13.9 Å². The van der Waals surface area contributed by atoms with Crippen molar-refractivity contribution in [2.45, 2.75) is 18.3 Å². The number of benzene rings is 3. The zero-order valence-corrected chi connectivity index (χ0v) is 20.5. The number of aliphatic hydroxyl groups is 1. The average Bonchev–Trinajstić information content (AvgIpc) is 3.43. The molecule has 0 amide bonds. The van der Waals surface area contributed by atoms with Crippen LogP contribution < -0.4 is 14.5 Å². The summed E-state index contributed by atoms with van der Waals surface area (Å²) in [4.78, 5) is 7.55. The second-order valence-corrected chi connectivity index (χ2v) is 9.11. The highest BCUT2D eigenvalue weighted by Gasteiger charge is 2.59. The van der Waals surface area contributed by atoms with Crippen molar-refractivity contribution in [3.63, 3.8) is 0 Å². The smallest absolute Gasteiger partial charge is 0.428 e. The third-order valence-corrected chi connectivity index (χ3v) is 6.63. The Bertz CT molecular complexity index is 1410. The Morgan fingerprint density at radius 3 is 2.21 bits per heavy atom. The number of alkyl halides is 2. The Morgan fingerprint density at radius 1 is 0.846 bits per heavy atom. The molecule has 1 aliphatic rings. The molecule has 2 heterocycles. The van der Waals surface area contributed by atoms with Crippen molar-refractivity contribution in [2.75, 3.05) is 36.0 Å². The standard InChI is InChI=1S/C27H24F5N5O2/c28-19-5-8-21(9-6-19)35-11-13-36(14-12-35)24-3-1-2-4-25(24)39-27(31,32)26(38,16-37-18-33-17-34-37)22-15-20(29)7-10-23(22)30/h1-10,15,17-18,38H,11-14,16H2. The number of ether oxygens (including phenoxy) is 1. The van der Waals surface area contributed by atoms with Crippen LogP contribution >= 0.6 is 0 Å². The molecule has 0 saturated carbocycles. The van der Waals surface area contributed by atoms with Gasteiger partial charge in [-0.05, 0) is 54.6 Å². The number of hydrogen-bond donors (Lipinski definition) is 1. The molecule has 0 aliphatic carbocycles. The summed E-state index contributed by atoms with van der Waals surface area (Å²) < 4.78 is 79.9. The Hall–Kier alpha value is -4.19. The molecule has 1 aliphatic heterocycles. The first-order valence-corrected chi connectivity index (χ1v) is 12.1. The molecule has 39 heavy (non-hydrogen) atoms. The van der Waals surface area contributed by atoms with Crippen molar-refractivity contribution in [3.8, 4) is 5.75 Å². The lowest BCUT2D eigenvalue weighted by molar-refractivity contribution is -0.301. The molecule has 12 heteroatoms. The molecule has 0 bridgehead atoms. The van der Waals surface area contributed by atoms with Crippen LogP contribution in [0.25, 0.3) is 0 Å². The van der Waals surface area contributed by atoms with E-state index in [1.54, 1.807) is 24.3 Å². The van der Waals surface area contributed by atoms with E-state index in [1.807, 2.05) is 9.80 Å². The summed E-state index contributed by atoms with van der Waals surface area (Å²) >= 11 is 0. The maximum atomic E-state index is 15.9. The van der Waals surface area contributed by atoms with E-state index in [9.17, 15) is 18.3 Å². The summed E-state index contributed by atoms with van der Waals surface area (Å²) in [6.07, 6.45) is -2.32. The van der Waals surface area contributed by atoms with Gasteiger partial charge in [-0.15, -0.1) is 0 Å². The largest absolute Gasteiger partial charge is 0.433 e. The SMILES string of the molecule is OC(Cn1cncn1)(c1cc(F)ccc1F)C(F)(F)Oc1ccccc1N1CCN(c2ccc(F)cc2)CC1. The average molecular weight is 546 g/mol. The Morgan fingerprint density at radius 2 is 1.51 bits per heavy atom. The van der Waals surface area contributed by atoms with Gasteiger partial charge in [0.1, 0.15) is 35.9 Å². The highest BCUT2D eigenvalue weighted by molar-refractivity contribution is 5.60. The Kier molecular flexibility index (Phi) is 7.13. The number of anilines is 2. The molecule has 0 spiro atoms. The molecule has 1 atom stereocenters. The van der Waals surface area contributed by atoms with E-state index in [1.165, 1.54) is 24.3 Å². The molecule has 1 unspecified atom stereocenters. The van der Waals surface area contributed by atoms with Gasteiger partial charge < -0.3 is 19.6 Å². The molecule has 4 aromatic rings. The van der Waals surface area contributed by atoms with E-state index < -0.39 is 35.5 Å². The number of hydrogen-bond acceptors (Lipinski definition) is 6.